The van der Waals surface area contributed by atoms with E-state index in [1.165, 1.54) is 0 Å². The molecule has 104 valence electrons. The van der Waals surface area contributed by atoms with Crippen LogP contribution < -0.4 is 10.6 Å². The van der Waals surface area contributed by atoms with E-state index in [-0.39, 0.29) is 0 Å². The second-order valence-electron chi connectivity index (χ2n) is 4.97. The SMILES string of the molecule is COCCN(CC(C)C)c1ccc(N)c2nonc12. The van der Waals surface area contributed by atoms with Crippen molar-refractivity contribution in [2.45, 2.75) is 13.8 Å². The fourth-order valence-electron chi connectivity index (χ4n) is 2.08. The second-order valence-corrected chi connectivity index (χ2v) is 4.97. The standard InChI is InChI=1S/C13H20N4O2/c1-9(2)8-17(6-7-18-3)11-5-4-10(14)12-13(11)16-19-15-12/h4-5,9H,6-8,14H2,1-3H3. The smallest absolute Gasteiger partial charge is 0.160 e. The van der Waals surface area contributed by atoms with Gasteiger partial charge in [0.1, 0.15) is 0 Å². The largest absolute Gasteiger partial charge is 0.397 e. The van der Waals surface area contributed by atoms with Crippen molar-refractivity contribution in [3.8, 4) is 0 Å². The molecule has 1 heterocycles. The zero-order chi connectivity index (χ0) is 13.8. The molecule has 0 saturated heterocycles. The molecule has 0 aliphatic rings. The quantitative estimate of drug-likeness (QED) is 0.803. The van der Waals surface area contributed by atoms with Crippen molar-refractivity contribution in [2.24, 2.45) is 5.92 Å². The minimum Gasteiger partial charge on any atom is -0.397 e. The van der Waals surface area contributed by atoms with E-state index in [9.17, 15) is 0 Å². The second kappa shape index (κ2) is 5.88. The van der Waals surface area contributed by atoms with E-state index in [0.717, 1.165) is 18.8 Å². The summed E-state index contributed by atoms with van der Waals surface area (Å²) < 4.78 is 9.97. The lowest BCUT2D eigenvalue weighted by Crippen LogP contribution is -2.31. The lowest BCUT2D eigenvalue weighted by Gasteiger charge is -2.26. The Morgan fingerprint density at radius 3 is 2.74 bits per heavy atom. The maximum Gasteiger partial charge on any atom is 0.160 e. The molecule has 0 bridgehead atoms. The van der Waals surface area contributed by atoms with Crippen LogP contribution in [0.1, 0.15) is 13.8 Å². The molecular formula is C13H20N4O2. The molecule has 6 nitrogen and oxygen atoms in total. The van der Waals surface area contributed by atoms with Crippen LogP contribution in [0.5, 0.6) is 0 Å². The summed E-state index contributed by atoms with van der Waals surface area (Å²) in [6, 6.07) is 3.79. The summed E-state index contributed by atoms with van der Waals surface area (Å²) in [5, 5.41) is 7.82. The minimum atomic E-state index is 0.532. The molecule has 2 aromatic rings. The van der Waals surface area contributed by atoms with Crippen LogP contribution in [0.3, 0.4) is 0 Å². The summed E-state index contributed by atoms with van der Waals surface area (Å²) in [5.74, 6) is 0.532. The van der Waals surface area contributed by atoms with Gasteiger partial charge in [0.15, 0.2) is 11.0 Å². The average Bonchev–Trinajstić information content (AvgIpc) is 2.85. The van der Waals surface area contributed by atoms with E-state index in [1.807, 2.05) is 12.1 Å². The van der Waals surface area contributed by atoms with Gasteiger partial charge in [-0.25, -0.2) is 4.63 Å². The molecule has 0 amide bonds. The van der Waals surface area contributed by atoms with Crippen LogP contribution in [-0.4, -0.2) is 37.1 Å². The molecule has 2 rings (SSSR count). The summed E-state index contributed by atoms with van der Waals surface area (Å²) in [5.41, 5.74) is 8.75. The first-order valence-corrected chi connectivity index (χ1v) is 6.38. The number of anilines is 2. The van der Waals surface area contributed by atoms with Crippen LogP contribution in [-0.2, 0) is 4.74 Å². The van der Waals surface area contributed by atoms with Gasteiger partial charge in [-0.05, 0) is 28.4 Å². The Hall–Kier alpha value is -1.82. The number of hydrogen-bond donors (Lipinski definition) is 1. The summed E-state index contributed by atoms with van der Waals surface area (Å²) in [6.07, 6.45) is 0. The van der Waals surface area contributed by atoms with E-state index in [4.69, 9.17) is 15.1 Å². The summed E-state index contributed by atoms with van der Waals surface area (Å²) in [7, 11) is 1.70. The molecule has 0 atom stereocenters. The van der Waals surface area contributed by atoms with Crippen LogP contribution in [0.15, 0.2) is 16.8 Å². The Kier molecular flexibility index (Phi) is 4.21. The molecule has 1 aromatic carbocycles. The molecule has 2 N–H and O–H groups in total. The third-order valence-corrected chi connectivity index (χ3v) is 2.92. The van der Waals surface area contributed by atoms with Gasteiger partial charge in [-0.2, -0.15) is 0 Å². The Balaban J connectivity index is 2.37. The number of aromatic nitrogens is 2. The molecule has 0 spiro atoms. The molecule has 0 aliphatic carbocycles. The van der Waals surface area contributed by atoms with Gasteiger partial charge in [-0.3, -0.25) is 0 Å². The topological polar surface area (TPSA) is 77.4 Å². The van der Waals surface area contributed by atoms with Gasteiger partial charge >= 0.3 is 0 Å². The number of hydrogen-bond acceptors (Lipinski definition) is 6. The summed E-state index contributed by atoms with van der Waals surface area (Å²) in [4.78, 5) is 2.22. The summed E-state index contributed by atoms with van der Waals surface area (Å²) >= 11 is 0. The number of nitrogen functional groups attached to an aromatic ring is 1. The Labute approximate surface area is 112 Å². The fraction of sp³-hybridized carbons (Fsp3) is 0.538. The van der Waals surface area contributed by atoms with E-state index >= 15 is 0 Å². The number of rotatable bonds is 6. The predicted octanol–water partition coefficient (Wildman–Crippen LogP) is 1.91. The van der Waals surface area contributed by atoms with Crippen LogP contribution in [0, 0.1) is 5.92 Å². The highest BCUT2D eigenvalue weighted by atomic mass is 16.6. The Bertz CT molecular complexity index is 538. The van der Waals surface area contributed by atoms with Gasteiger partial charge in [-0.1, -0.05) is 13.8 Å². The van der Waals surface area contributed by atoms with Crippen molar-refractivity contribution >= 4 is 22.4 Å². The van der Waals surface area contributed by atoms with E-state index in [0.29, 0.717) is 29.2 Å². The molecule has 0 radical (unpaired) electrons. The minimum absolute atomic E-state index is 0.532. The van der Waals surface area contributed by atoms with Gasteiger partial charge in [0.05, 0.1) is 18.0 Å². The highest BCUT2D eigenvalue weighted by molar-refractivity contribution is 5.95. The third-order valence-electron chi connectivity index (χ3n) is 2.92. The van der Waals surface area contributed by atoms with E-state index < -0.39 is 0 Å². The maximum atomic E-state index is 5.87. The Morgan fingerprint density at radius 2 is 2.05 bits per heavy atom. The number of nitrogens with zero attached hydrogens (tertiary/aromatic N) is 3. The number of methoxy groups -OCH3 is 1. The van der Waals surface area contributed by atoms with Gasteiger partial charge < -0.3 is 15.4 Å². The van der Waals surface area contributed by atoms with Gasteiger partial charge in [-0.15, -0.1) is 0 Å². The first kappa shape index (κ1) is 13.6. The van der Waals surface area contributed by atoms with E-state index in [2.05, 4.69) is 29.1 Å². The molecule has 1 aromatic heterocycles. The number of fused-ring (bicyclic) bond motifs is 1. The lowest BCUT2D eigenvalue weighted by molar-refractivity contribution is 0.204. The van der Waals surface area contributed by atoms with Gasteiger partial charge in [0, 0.05) is 20.2 Å². The summed E-state index contributed by atoms with van der Waals surface area (Å²) in [6.45, 7) is 6.71. The van der Waals surface area contributed by atoms with Crippen molar-refractivity contribution in [1.29, 1.82) is 0 Å². The van der Waals surface area contributed by atoms with Crippen molar-refractivity contribution < 1.29 is 9.37 Å². The predicted molar refractivity (Wildman–Crippen MR) is 75.1 cm³/mol. The van der Waals surface area contributed by atoms with Crippen molar-refractivity contribution in [3.05, 3.63) is 12.1 Å². The third kappa shape index (κ3) is 2.96. The highest BCUT2D eigenvalue weighted by Gasteiger charge is 2.16. The van der Waals surface area contributed by atoms with Crippen LogP contribution >= 0.6 is 0 Å². The molecule has 0 unspecified atom stereocenters. The van der Waals surface area contributed by atoms with E-state index in [1.54, 1.807) is 7.11 Å². The van der Waals surface area contributed by atoms with Crippen molar-refractivity contribution in [1.82, 2.24) is 10.3 Å². The highest BCUT2D eigenvalue weighted by Crippen LogP contribution is 2.28. The van der Waals surface area contributed by atoms with Gasteiger partial charge in [0.25, 0.3) is 0 Å². The molecule has 0 saturated carbocycles. The molecule has 0 fully saturated rings. The average molecular weight is 264 g/mol. The number of ether oxygens (including phenoxy) is 1. The molecular weight excluding hydrogens is 244 g/mol. The van der Waals surface area contributed by atoms with Crippen molar-refractivity contribution in [2.75, 3.05) is 37.4 Å². The number of nitrogens with two attached hydrogens (primary N) is 1. The molecule has 0 aliphatic heterocycles. The monoisotopic (exact) mass is 264 g/mol. The molecule has 19 heavy (non-hydrogen) atoms. The lowest BCUT2D eigenvalue weighted by atomic mass is 10.1. The first-order chi connectivity index (χ1) is 9.13. The normalized spacial score (nSPS) is 11.4. The number of benzene rings is 1. The first-order valence-electron chi connectivity index (χ1n) is 6.38. The van der Waals surface area contributed by atoms with Crippen LogP contribution in [0.25, 0.3) is 11.0 Å². The zero-order valence-corrected chi connectivity index (χ0v) is 11.6. The van der Waals surface area contributed by atoms with Crippen LogP contribution in [0.2, 0.25) is 0 Å². The maximum absolute atomic E-state index is 5.87. The zero-order valence-electron chi connectivity index (χ0n) is 11.6. The Morgan fingerprint density at radius 1 is 1.32 bits per heavy atom. The fourth-order valence-corrected chi connectivity index (χ4v) is 2.08. The molecule has 6 heteroatoms. The van der Waals surface area contributed by atoms with Gasteiger partial charge in [0.2, 0.25) is 0 Å². The van der Waals surface area contributed by atoms with Crippen molar-refractivity contribution in [3.63, 3.8) is 0 Å². The van der Waals surface area contributed by atoms with Crippen LogP contribution in [0.4, 0.5) is 11.4 Å².